The van der Waals surface area contributed by atoms with Crippen molar-refractivity contribution in [2.24, 2.45) is 0 Å². The van der Waals surface area contributed by atoms with E-state index in [-0.39, 0.29) is 24.4 Å². The van der Waals surface area contributed by atoms with Crippen molar-refractivity contribution in [2.75, 3.05) is 11.9 Å². The van der Waals surface area contributed by atoms with Gasteiger partial charge in [-0.25, -0.2) is 0 Å². The minimum absolute atomic E-state index is 0.0661. The molecule has 1 N–H and O–H groups in total. The van der Waals surface area contributed by atoms with Crippen LogP contribution in [0.15, 0.2) is 34.8 Å². The third-order valence-electron chi connectivity index (χ3n) is 3.11. The van der Waals surface area contributed by atoms with Gasteiger partial charge in [0.2, 0.25) is 11.8 Å². The molecule has 0 fully saturated rings. The van der Waals surface area contributed by atoms with E-state index in [4.69, 9.17) is 0 Å². The lowest BCUT2D eigenvalue weighted by Crippen LogP contribution is -2.36. The van der Waals surface area contributed by atoms with E-state index < -0.39 is 0 Å². The maximum atomic E-state index is 12.0. The maximum absolute atomic E-state index is 12.0. The van der Waals surface area contributed by atoms with Crippen LogP contribution in [0.25, 0.3) is 0 Å². The number of halogens is 1. The largest absolute Gasteiger partial charge is 0.324 e. The summed E-state index contributed by atoms with van der Waals surface area (Å²) in [4.78, 5) is 25.5. The third-order valence-corrected chi connectivity index (χ3v) is 3.60. The number of hydrogen-bond donors (Lipinski definition) is 1. The summed E-state index contributed by atoms with van der Waals surface area (Å²) >= 11 is 3.42. The molecule has 0 saturated heterocycles. The van der Waals surface area contributed by atoms with Crippen molar-refractivity contribution in [1.82, 2.24) is 4.90 Å². The number of rotatable bonds is 1. The number of fused-ring (bicyclic) bond motifs is 1. The summed E-state index contributed by atoms with van der Waals surface area (Å²) in [5.74, 6) is -0.330. The molecule has 4 nitrogen and oxygen atoms in total. The number of anilines is 1. The van der Waals surface area contributed by atoms with E-state index >= 15 is 0 Å². The highest BCUT2D eigenvalue weighted by Crippen LogP contribution is 2.32. The van der Waals surface area contributed by atoms with Crippen LogP contribution in [0.3, 0.4) is 0 Å². The Morgan fingerprint density at radius 3 is 2.95 bits per heavy atom. The Morgan fingerprint density at radius 2 is 2.26 bits per heavy atom. The Morgan fingerprint density at radius 1 is 1.53 bits per heavy atom. The number of nitrogens with one attached hydrogen (secondary N) is 1. The lowest BCUT2D eigenvalue weighted by molar-refractivity contribution is -0.132. The number of amides is 2. The monoisotopic (exact) mass is 322 g/mol. The Bertz CT molecular complexity index is 554. The first-order valence-corrected chi connectivity index (χ1v) is 6.85. The number of hydrogen-bond acceptors (Lipinski definition) is 2. The molecule has 0 radical (unpaired) electrons. The summed E-state index contributed by atoms with van der Waals surface area (Å²) in [6, 6.07) is 5.49. The Kier molecular flexibility index (Phi) is 4.04. The zero-order valence-electron chi connectivity index (χ0n) is 10.8. The van der Waals surface area contributed by atoms with Crippen molar-refractivity contribution in [3.8, 4) is 0 Å². The van der Waals surface area contributed by atoms with Gasteiger partial charge in [-0.1, -0.05) is 22.0 Å². The number of carbonyl (C=O) groups is 2. The predicted octanol–water partition coefficient (Wildman–Crippen LogP) is 2.87. The minimum Gasteiger partial charge on any atom is -0.324 e. The zero-order valence-corrected chi connectivity index (χ0v) is 12.4. The van der Waals surface area contributed by atoms with Gasteiger partial charge in [0.05, 0.1) is 6.04 Å². The Hall–Kier alpha value is -1.62. The van der Waals surface area contributed by atoms with Gasteiger partial charge in [0.25, 0.3) is 0 Å². The SMILES string of the molecule is C/C=C/C(=O)N1CC(=O)Nc2ccc(Br)cc2C1C. The van der Waals surface area contributed by atoms with Crippen LogP contribution < -0.4 is 5.32 Å². The molecule has 0 spiro atoms. The molecule has 0 aromatic heterocycles. The second-order valence-corrected chi connectivity index (χ2v) is 5.34. The van der Waals surface area contributed by atoms with Crippen molar-refractivity contribution in [2.45, 2.75) is 19.9 Å². The molecule has 1 aliphatic rings. The van der Waals surface area contributed by atoms with Crippen LogP contribution in [-0.2, 0) is 9.59 Å². The second kappa shape index (κ2) is 5.57. The van der Waals surface area contributed by atoms with Crippen LogP contribution in [0.4, 0.5) is 5.69 Å². The Balaban J connectivity index is 2.45. The van der Waals surface area contributed by atoms with Crippen molar-refractivity contribution < 1.29 is 9.59 Å². The molecule has 0 aliphatic carbocycles. The molecule has 1 atom stereocenters. The number of benzene rings is 1. The van der Waals surface area contributed by atoms with E-state index in [9.17, 15) is 9.59 Å². The topological polar surface area (TPSA) is 49.4 Å². The van der Waals surface area contributed by atoms with Crippen molar-refractivity contribution in [3.05, 3.63) is 40.4 Å². The van der Waals surface area contributed by atoms with Crippen LogP contribution >= 0.6 is 15.9 Å². The third kappa shape index (κ3) is 2.87. The lowest BCUT2D eigenvalue weighted by Gasteiger charge is -2.25. The van der Waals surface area contributed by atoms with Gasteiger partial charge in [0.15, 0.2) is 0 Å². The summed E-state index contributed by atoms with van der Waals surface area (Å²) in [5, 5.41) is 2.83. The van der Waals surface area contributed by atoms with E-state index in [0.29, 0.717) is 0 Å². The normalized spacial score (nSPS) is 19.0. The van der Waals surface area contributed by atoms with Crippen molar-refractivity contribution in [1.29, 1.82) is 0 Å². The molecule has 2 amide bonds. The maximum Gasteiger partial charge on any atom is 0.247 e. The van der Waals surface area contributed by atoms with Crippen LogP contribution in [0.5, 0.6) is 0 Å². The first kappa shape index (κ1) is 13.8. The van der Waals surface area contributed by atoms with Gasteiger partial charge in [-0.2, -0.15) is 0 Å². The minimum atomic E-state index is -0.175. The summed E-state index contributed by atoms with van der Waals surface area (Å²) in [6.45, 7) is 3.77. The zero-order chi connectivity index (χ0) is 14.0. The molecule has 0 bridgehead atoms. The van der Waals surface area contributed by atoms with Crippen LogP contribution in [0.1, 0.15) is 25.5 Å². The molecule has 1 aromatic carbocycles. The molecular formula is C14H15BrN2O2. The quantitative estimate of drug-likeness (QED) is 0.808. The van der Waals surface area contributed by atoms with Crippen LogP contribution in [0, 0.1) is 0 Å². The van der Waals surface area contributed by atoms with E-state index in [1.165, 1.54) is 6.08 Å². The van der Waals surface area contributed by atoms with E-state index in [1.807, 2.05) is 25.1 Å². The van der Waals surface area contributed by atoms with Crippen LogP contribution in [0.2, 0.25) is 0 Å². The average molecular weight is 323 g/mol. The highest BCUT2D eigenvalue weighted by Gasteiger charge is 2.28. The van der Waals surface area contributed by atoms with Gasteiger partial charge in [-0.05, 0) is 43.7 Å². The second-order valence-electron chi connectivity index (χ2n) is 4.42. The fourth-order valence-electron chi connectivity index (χ4n) is 2.15. The summed E-state index contributed by atoms with van der Waals surface area (Å²) < 4.78 is 0.924. The van der Waals surface area contributed by atoms with Gasteiger partial charge in [0.1, 0.15) is 6.54 Å². The highest BCUT2D eigenvalue weighted by atomic mass is 79.9. The molecule has 0 saturated carbocycles. The molecule has 1 heterocycles. The molecule has 1 aliphatic heterocycles. The first-order chi connectivity index (χ1) is 9.02. The van der Waals surface area contributed by atoms with E-state index in [0.717, 1.165) is 15.7 Å². The van der Waals surface area contributed by atoms with Gasteiger partial charge in [-0.15, -0.1) is 0 Å². The van der Waals surface area contributed by atoms with E-state index in [2.05, 4.69) is 21.2 Å². The van der Waals surface area contributed by atoms with Gasteiger partial charge in [-0.3, -0.25) is 9.59 Å². The highest BCUT2D eigenvalue weighted by molar-refractivity contribution is 9.10. The van der Waals surface area contributed by atoms with Gasteiger partial charge < -0.3 is 10.2 Å². The number of carbonyl (C=O) groups excluding carboxylic acids is 2. The van der Waals surface area contributed by atoms with Crippen molar-refractivity contribution >= 4 is 33.4 Å². The molecule has 2 rings (SSSR count). The van der Waals surface area contributed by atoms with Crippen LogP contribution in [-0.4, -0.2) is 23.3 Å². The number of allylic oxidation sites excluding steroid dienone is 1. The standard InChI is InChI=1S/C14H15BrN2O2/c1-3-4-14(19)17-8-13(18)16-12-6-5-10(15)7-11(12)9(17)2/h3-7,9H,8H2,1-2H3,(H,16,18)/b4-3+. The summed E-state index contributed by atoms with van der Waals surface area (Å²) in [5.41, 5.74) is 1.69. The molecule has 5 heteroatoms. The van der Waals surface area contributed by atoms with Gasteiger partial charge >= 0.3 is 0 Å². The van der Waals surface area contributed by atoms with Gasteiger partial charge in [0, 0.05) is 10.2 Å². The average Bonchev–Trinajstić information content (AvgIpc) is 2.48. The fourth-order valence-corrected chi connectivity index (χ4v) is 2.53. The molecule has 1 aromatic rings. The predicted molar refractivity (Wildman–Crippen MR) is 77.7 cm³/mol. The lowest BCUT2D eigenvalue weighted by atomic mass is 10.1. The molecule has 100 valence electrons. The fraction of sp³-hybridized carbons (Fsp3) is 0.286. The summed E-state index contributed by atoms with van der Waals surface area (Å²) in [6.07, 6.45) is 3.16. The summed E-state index contributed by atoms with van der Waals surface area (Å²) in [7, 11) is 0. The van der Waals surface area contributed by atoms with E-state index in [1.54, 1.807) is 17.9 Å². The first-order valence-electron chi connectivity index (χ1n) is 6.05. The molecular weight excluding hydrogens is 308 g/mol. The smallest absolute Gasteiger partial charge is 0.247 e. The Labute approximate surface area is 120 Å². The molecule has 19 heavy (non-hydrogen) atoms. The molecule has 1 unspecified atom stereocenters. The van der Waals surface area contributed by atoms with Crippen molar-refractivity contribution in [3.63, 3.8) is 0 Å². The number of nitrogens with zero attached hydrogens (tertiary/aromatic N) is 1.